The van der Waals surface area contributed by atoms with Gasteiger partial charge < -0.3 is 41.7 Å². The highest BCUT2D eigenvalue weighted by Gasteiger charge is 2.38. The van der Waals surface area contributed by atoms with Crippen molar-refractivity contribution in [2.75, 3.05) is 19.8 Å². The molecule has 13 heteroatoms. The third kappa shape index (κ3) is 6.96. The lowest BCUT2D eigenvalue weighted by molar-refractivity contribution is -0.150. The van der Waals surface area contributed by atoms with Crippen molar-refractivity contribution in [1.82, 2.24) is 15.5 Å². The Kier molecular flexibility index (Phi) is 9.44. The van der Waals surface area contributed by atoms with Crippen molar-refractivity contribution in [2.45, 2.75) is 49.9 Å². The first kappa shape index (κ1) is 24.3. The summed E-state index contributed by atoms with van der Waals surface area (Å²) < 4.78 is 0. The smallest absolute Gasteiger partial charge is 0.326 e. The molecule has 1 heterocycles. The Morgan fingerprint density at radius 3 is 2.14 bits per heavy atom. The lowest BCUT2D eigenvalue weighted by atomic mass is 10.1. The third-order valence-electron chi connectivity index (χ3n) is 4.43. The molecule has 1 fully saturated rings. The zero-order chi connectivity index (χ0) is 22.1. The van der Waals surface area contributed by atoms with E-state index < -0.39 is 73.5 Å². The number of aliphatic hydroxyl groups is 2. The minimum Gasteiger partial charge on any atom is -0.481 e. The Balaban J connectivity index is 2.91. The fourth-order valence-electron chi connectivity index (χ4n) is 2.84. The molecule has 164 valence electrons. The zero-order valence-electron chi connectivity index (χ0n) is 15.6. The molecule has 0 radical (unpaired) electrons. The van der Waals surface area contributed by atoms with Crippen molar-refractivity contribution < 1.29 is 44.4 Å². The second kappa shape index (κ2) is 11.3. The van der Waals surface area contributed by atoms with Gasteiger partial charge in [0.15, 0.2) is 0 Å². The molecule has 1 rings (SSSR count). The molecule has 4 atom stereocenters. The molecule has 0 aromatic heterocycles. The quantitative estimate of drug-likeness (QED) is 0.173. The minimum absolute atomic E-state index is 0.140. The van der Waals surface area contributed by atoms with E-state index in [1.165, 1.54) is 0 Å². The molecule has 4 unspecified atom stereocenters. The SMILES string of the molecule is NC(CO)C(=O)NC(CO)C(=O)NC(CCC(=O)O)C(=O)N1CCCC1C(=O)O. The van der Waals surface area contributed by atoms with Gasteiger partial charge in [-0.05, 0) is 19.3 Å². The largest absolute Gasteiger partial charge is 0.481 e. The van der Waals surface area contributed by atoms with Crippen LogP contribution in [0.3, 0.4) is 0 Å². The van der Waals surface area contributed by atoms with Crippen molar-refractivity contribution in [3.63, 3.8) is 0 Å². The molecule has 0 aromatic rings. The van der Waals surface area contributed by atoms with E-state index in [9.17, 15) is 34.2 Å². The normalized spacial score (nSPS) is 19.1. The first-order valence-electron chi connectivity index (χ1n) is 8.95. The van der Waals surface area contributed by atoms with Crippen LogP contribution in [0.25, 0.3) is 0 Å². The second-order valence-electron chi connectivity index (χ2n) is 6.55. The molecule has 0 bridgehead atoms. The number of hydrogen-bond donors (Lipinski definition) is 7. The Hall–Kier alpha value is -2.77. The first-order chi connectivity index (χ1) is 13.6. The number of nitrogens with two attached hydrogens (primary N) is 1. The molecule has 1 saturated heterocycles. The Labute approximate surface area is 165 Å². The van der Waals surface area contributed by atoms with E-state index >= 15 is 0 Å². The predicted octanol–water partition coefficient (Wildman–Crippen LogP) is -3.79. The molecular weight excluding hydrogens is 392 g/mol. The van der Waals surface area contributed by atoms with Gasteiger partial charge in [-0.25, -0.2) is 4.79 Å². The average molecular weight is 418 g/mol. The summed E-state index contributed by atoms with van der Waals surface area (Å²) in [6.45, 7) is -1.41. The predicted molar refractivity (Wildman–Crippen MR) is 95.2 cm³/mol. The highest BCUT2D eigenvalue weighted by Crippen LogP contribution is 2.19. The molecular formula is C16H26N4O9. The van der Waals surface area contributed by atoms with Gasteiger partial charge in [-0.1, -0.05) is 0 Å². The topological polar surface area (TPSA) is 220 Å². The molecule has 0 spiro atoms. The van der Waals surface area contributed by atoms with E-state index in [0.717, 1.165) is 4.90 Å². The van der Waals surface area contributed by atoms with Crippen LogP contribution in [0.2, 0.25) is 0 Å². The number of nitrogens with zero attached hydrogens (tertiary/aromatic N) is 1. The van der Waals surface area contributed by atoms with Gasteiger partial charge in [0.2, 0.25) is 17.7 Å². The highest BCUT2D eigenvalue weighted by atomic mass is 16.4. The van der Waals surface area contributed by atoms with Crippen LogP contribution in [-0.2, 0) is 24.0 Å². The maximum absolute atomic E-state index is 12.7. The van der Waals surface area contributed by atoms with Gasteiger partial charge in [-0.3, -0.25) is 19.2 Å². The standard InChI is InChI=1S/C16H26N4O9/c17-8(6-21)13(25)19-10(7-22)14(26)18-9(3-4-12(23)24)15(27)20-5-1-2-11(20)16(28)29/h8-11,21-22H,1-7,17H2,(H,18,26)(H,19,25)(H,23,24)(H,28,29). The van der Waals surface area contributed by atoms with Crippen LogP contribution >= 0.6 is 0 Å². The van der Waals surface area contributed by atoms with Crippen molar-refractivity contribution >= 4 is 29.7 Å². The van der Waals surface area contributed by atoms with Crippen LogP contribution < -0.4 is 16.4 Å². The lowest BCUT2D eigenvalue weighted by Crippen LogP contribution is -2.58. The molecule has 3 amide bonds. The number of hydrogen-bond acceptors (Lipinski definition) is 8. The summed E-state index contributed by atoms with van der Waals surface area (Å²) in [4.78, 5) is 60.1. The van der Waals surface area contributed by atoms with E-state index in [1.807, 2.05) is 0 Å². The van der Waals surface area contributed by atoms with Crippen LogP contribution in [0, 0.1) is 0 Å². The van der Waals surface area contributed by atoms with Crippen LogP contribution in [-0.4, -0.2) is 98.9 Å². The van der Waals surface area contributed by atoms with E-state index in [2.05, 4.69) is 10.6 Å². The van der Waals surface area contributed by atoms with Crippen LogP contribution in [0.4, 0.5) is 0 Å². The van der Waals surface area contributed by atoms with E-state index in [0.29, 0.717) is 6.42 Å². The summed E-state index contributed by atoms with van der Waals surface area (Å²) in [5.74, 6) is -5.10. The zero-order valence-corrected chi connectivity index (χ0v) is 15.6. The lowest BCUT2D eigenvalue weighted by Gasteiger charge is -2.28. The number of carboxylic acids is 2. The molecule has 1 aliphatic rings. The Morgan fingerprint density at radius 1 is 1.00 bits per heavy atom. The van der Waals surface area contributed by atoms with Gasteiger partial charge in [-0.15, -0.1) is 0 Å². The second-order valence-corrected chi connectivity index (χ2v) is 6.55. The molecule has 0 aliphatic carbocycles. The first-order valence-corrected chi connectivity index (χ1v) is 8.95. The van der Waals surface area contributed by atoms with Crippen molar-refractivity contribution in [2.24, 2.45) is 5.73 Å². The molecule has 8 N–H and O–H groups in total. The fourth-order valence-corrected chi connectivity index (χ4v) is 2.84. The summed E-state index contributed by atoms with van der Waals surface area (Å²) in [6, 6.07) is -5.28. The van der Waals surface area contributed by atoms with Crippen LogP contribution in [0.15, 0.2) is 0 Å². The van der Waals surface area contributed by atoms with Gasteiger partial charge in [0.05, 0.1) is 13.2 Å². The number of nitrogens with one attached hydrogen (secondary N) is 2. The molecule has 29 heavy (non-hydrogen) atoms. The third-order valence-corrected chi connectivity index (χ3v) is 4.43. The van der Waals surface area contributed by atoms with Crippen LogP contribution in [0.5, 0.6) is 0 Å². The number of carbonyl (C=O) groups excluding carboxylic acids is 3. The molecule has 0 saturated carbocycles. The highest BCUT2D eigenvalue weighted by molar-refractivity contribution is 5.94. The van der Waals surface area contributed by atoms with Crippen molar-refractivity contribution in [3.05, 3.63) is 0 Å². The van der Waals surface area contributed by atoms with Gasteiger partial charge in [0.25, 0.3) is 0 Å². The summed E-state index contributed by atoms with van der Waals surface area (Å²) in [5, 5.41) is 40.7. The Morgan fingerprint density at radius 2 is 1.62 bits per heavy atom. The molecule has 0 aromatic carbocycles. The molecule has 1 aliphatic heterocycles. The van der Waals surface area contributed by atoms with Gasteiger partial charge in [0.1, 0.15) is 24.2 Å². The van der Waals surface area contributed by atoms with Gasteiger partial charge in [-0.2, -0.15) is 0 Å². The van der Waals surface area contributed by atoms with Gasteiger partial charge in [0, 0.05) is 13.0 Å². The summed E-state index contributed by atoms with van der Waals surface area (Å²) in [5.41, 5.74) is 5.32. The van der Waals surface area contributed by atoms with E-state index in [4.69, 9.17) is 15.9 Å². The number of rotatable bonds is 11. The number of amides is 3. The number of likely N-dealkylation sites (tertiary alicyclic amines) is 1. The fraction of sp³-hybridized carbons (Fsp3) is 0.688. The maximum atomic E-state index is 12.7. The summed E-state index contributed by atoms with van der Waals surface area (Å²) in [7, 11) is 0. The van der Waals surface area contributed by atoms with Crippen molar-refractivity contribution in [1.29, 1.82) is 0 Å². The number of carbonyl (C=O) groups is 5. The number of aliphatic hydroxyl groups excluding tert-OH is 2. The average Bonchev–Trinajstić information content (AvgIpc) is 3.17. The monoisotopic (exact) mass is 418 g/mol. The minimum atomic E-state index is -1.51. The van der Waals surface area contributed by atoms with E-state index in [-0.39, 0.29) is 19.4 Å². The Bertz CT molecular complexity index is 642. The molecule has 13 nitrogen and oxygen atoms in total. The summed E-state index contributed by atoms with van der Waals surface area (Å²) in [6.07, 6.45) is -0.121. The van der Waals surface area contributed by atoms with Gasteiger partial charge >= 0.3 is 11.9 Å². The van der Waals surface area contributed by atoms with Crippen LogP contribution in [0.1, 0.15) is 25.7 Å². The van der Waals surface area contributed by atoms with E-state index in [1.54, 1.807) is 0 Å². The summed E-state index contributed by atoms with van der Waals surface area (Å²) >= 11 is 0. The number of aliphatic carboxylic acids is 2. The van der Waals surface area contributed by atoms with Crippen molar-refractivity contribution in [3.8, 4) is 0 Å². The number of carboxylic acid groups (broad SMARTS) is 2. The maximum Gasteiger partial charge on any atom is 0.326 e.